The Morgan fingerprint density at radius 3 is 2.15 bits per heavy atom. The van der Waals surface area contributed by atoms with Crippen LogP contribution in [0, 0.1) is 0 Å². The Bertz CT molecular complexity index is 804. The average molecular weight is 382 g/mol. The van der Waals surface area contributed by atoms with Crippen molar-refractivity contribution < 1.29 is 9.59 Å². The van der Waals surface area contributed by atoms with Crippen LogP contribution in [0.2, 0.25) is 0 Å². The molecule has 0 unspecified atom stereocenters. The van der Waals surface area contributed by atoms with Crippen LogP contribution < -0.4 is 10.6 Å². The van der Waals surface area contributed by atoms with E-state index >= 15 is 0 Å². The molecule has 140 valence electrons. The Kier molecular flexibility index (Phi) is 6.49. The number of thioether (sulfide) groups is 1. The van der Waals surface area contributed by atoms with Crippen LogP contribution in [-0.2, 0) is 0 Å². The number of benzene rings is 2. The number of fused-ring (bicyclic) bond motifs is 1. The fourth-order valence-corrected chi connectivity index (χ4v) is 3.59. The molecule has 0 bridgehead atoms. The van der Waals surface area contributed by atoms with E-state index in [4.69, 9.17) is 0 Å². The van der Waals surface area contributed by atoms with Crippen LogP contribution in [-0.4, -0.2) is 55.1 Å². The molecule has 0 radical (unpaired) electrons. The summed E-state index contributed by atoms with van der Waals surface area (Å²) < 4.78 is 0. The first kappa shape index (κ1) is 19.0. The molecule has 0 fully saturated rings. The molecular weight excluding hydrogens is 360 g/mol. The third kappa shape index (κ3) is 4.68. The van der Waals surface area contributed by atoms with E-state index in [1.165, 1.54) is 9.80 Å². The van der Waals surface area contributed by atoms with Gasteiger partial charge in [0.2, 0.25) is 0 Å². The monoisotopic (exact) mass is 382 g/mol. The minimum absolute atomic E-state index is 0.236. The summed E-state index contributed by atoms with van der Waals surface area (Å²) >= 11 is 1.77. The van der Waals surface area contributed by atoms with Crippen LogP contribution in [0.1, 0.15) is 20.7 Å². The zero-order valence-corrected chi connectivity index (χ0v) is 16.0. The van der Waals surface area contributed by atoms with Gasteiger partial charge in [-0.3, -0.25) is 19.5 Å². The number of aliphatic imine (C=N–C) groups is 1. The summed E-state index contributed by atoms with van der Waals surface area (Å²) in [7, 11) is 1.70. The Balaban J connectivity index is 1.40. The second-order valence-corrected chi connectivity index (χ2v) is 7.06. The molecule has 3 rings (SSSR count). The highest BCUT2D eigenvalue weighted by Crippen LogP contribution is 2.21. The van der Waals surface area contributed by atoms with E-state index < -0.39 is 0 Å². The molecule has 27 heavy (non-hydrogen) atoms. The first-order chi connectivity index (χ1) is 13.2. The molecule has 2 aromatic carbocycles. The van der Waals surface area contributed by atoms with E-state index in [2.05, 4.69) is 27.8 Å². The molecule has 2 aromatic rings. The van der Waals surface area contributed by atoms with Crippen molar-refractivity contribution in [2.45, 2.75) is 4.90 Å². The van der Waals surface area contributed by atoms with Crippen molar-refractivity contribution in [2.24, 2.45) is 4.99 Å². The summed E-state index contributed by atoms with van der Waals surface area (Å²) in [6.07, 6.45) is 0. The normalized spacial score (nSPS) is 13.7. The number of rotatable bonds is 7. The fourth-order valence-electron chi connectivity index (χ4n) is 2.80. The van der Waals surface area contributed by atoms with Crippen molar-refractivity contribution in [1.29, 1.82) is 0 Å². The lowest BCUT2D eigenvalue weighted by Crippen LogP contribution is -2.43. The predicted molar refractivity (Wildman–Crippen MR) is 108 cm³/mol. The second-order valence-electron chi connectivity index (χ2n) is 5.89. The van der Waals surface area contributed by atoms with Crippen LogP contribution in [0.4, 0.5) is 0 Å². The van der Waals surface area contributed by atoms with E-state index in [1.807, 2.05) is 18.2 Å². The largest absolute Gasteiger partial charge is 0.356 e. The molecule has 1 heterocycles. The topological polar surface area (TPSA) is 73.8 Å². The number of imide groups is 1. The first-order valence-corrected chi connectivity index (χ1v) is 9.77. The van der Waals surface area contributed by atoms with E-state index in [9.17, 15) is 9.59 Å². The highest BCUT2D eigenvalue weighted by molar-refractivity contribution is 7.99. The number of nitrogens with one attached hydrogen (secondary N) is 2. The summed E-state index contributed by atoms with van der Waals surface area (Å²) in [6.45, 7) is 1.50. The third-order valence-corrected chi connectivity index (χ3v) is 5.15. The highest BCUT2D eigenvalue weighted by atomic mass is 32.2. The van der Waals surface area contributed by atoms with E-state index in [0.29, 0.717) is 30.2 Å². The van der Waals surface area contributed by atoms with Gasteiger partial charge in [0.25, 0.3) is 11.8 Å². The molecule has 0 atom stereocenters. The third-order valence-electron chi connectivity index (χ3n) is 4.14. The van der Waals surface area contributed by atoms with Gasteiger partial charge in [0, 0.05) is 37.3 Å². The van der Waals surface area contributed by atoms with Crippen LogP contribution in [0.3, 0.4) is 0 Å². The van der Waals surface area contributed by atoms with E-state index in [-0.39, 0.29) is 11.8 Å². The van der Waals surface area contributed by atoms with Crippen LogP contribution in [0.5, 0.6) is 0 Å². The molecular formula is C20H22N4O2S. The van der Waals surface area contributed by atoms with Gasteiger partial charge < -0.3 is 10.6 Å². The van der Waals surface area contributed by atoms with Gasteiger partial charge in [0.15, 0.2) is 5.96 Å². The van der Waals surface area contributed by atoms with Crippen LogP contribution >= 0.6 is 11.8 Å². The van der Waals surface area contributed by atoms with Gasteiger partial charge in [0.1, 0.15) is 0 Å². The minimum atomic E-state index is -0.236. The molecule has 1 aliphatic rings. The van der Waals surface area contributed by atoms with Crippen LogP contribution in [0.25, 0.3) is 0 Å². The maximum Gasteiger partial charge on any atom is 0.261 e. The molecule has 7 heteroatoms. The Morgan fingerprint density at radius 1 is 0.926 bits per heavy atom. The average Bonchev–Trinajstić information content (AvgIpc) is 2.95. The molecule has 0 saturated heterocycles. The molecule has 0 aromatic heterocycles. The summed E-state index contributed by atoms with van der Waals surface area (Å²) in [5.74, 6) is 1.09. The van der Waals surface area contributed by atoms with E-state index in [0.717, 1.165) is 12.3 Å². The van der Waals surface area contributed by atoms with Crippen LogP contribution in [0.15, 0.2) is 64.5 Å². The highest BCUT2D eigenvalue weighted by Gasteiger charge is 2.34. The molecule has 1 aliphatic heterocycles. The lowest BCUT2D eigenvalue weighted by molar-refractivity contribution is 0.0657. The minimum Gasteiger partial charge on any atom is -0.356 e. The van der Waals surface area contributed by atoms with Crippen molar-refractivity contribution in [3.8, 4) is 0 Å². The maximum atomic E-state index is 12.3. The molecule has 2 amide bonds. The molecule has 2 N–H and O–H groups in total. The van der Waals surface area contributed by atoms with Gasteiger partial charge in [0.05, 0.1) is 11.1 Å². The number of hydrogen-bond acceptors (Lipinski definition) is 4. The summed E-state index contributed by atoms with van der Waals surface area (Å²) in [5.41, 5.74) is 0.950. The number of hydrogen-bond donors (Lipinski definition) is 2. The van der Waals surface area contributed by atoms with Gasteiger partial charge in [-0.1, -0.05) is 30.3 Å². The predicted octanol–water partition coefficient (Wildman–Crippen LogP) is 2.24. The molecule has 0 saturated carbocycles. The lowest BCUT2D eigenvalue weighted by atomic mass is 10.1. The first-order valence-electron chi connectivity index (χ1n) is 8.78. The standard InChI is InChI=1S/C20H22N4O2S/c1-21-20(23-12-14-27-15-7-3-2-4-8-15)22-11-13-24-18(25)16-9-5-6-10-17(16)19(24)26/h2-10H,11-14H2,1H3,(H2,21,22,23). The Hall–Kier alpha value is -2.80. The van der Waals surface area contributed by atoms with Gasteiger partial charge in [-0.05, 0) is 24.3 Å². The SMILES string of the molecule is CN=C(NCCSc1ccccc1)NCCN1C(=O)c2ccccc2C1=O. The van der Waals surface area contributed by atoms with Gasteiger partial charge in [-0.25, -0.2) is 0 Å². The molecule has 0 spiro atoms. The quantitative estimate of drug-likeness (QED) is 0.253. The number of carbonyl (C=O) groups excluding carboxylic acids is 2. The Labute approximate surface area is 163 Å². The summed E-state index contributed by atoms with van der Waals surface area (Å²) in [4.78, 5) is 31.3. The van der Waals surface area contributed by atoms with Crippen molar-refractivity contribution in [3.05, 3.63) is 65.7 Å². The van der Waals surface area contributed by atoms with Crippen molar-refractivity contribution >= 4 is 29.5 Å². The zero-order valence-electron chi connectivity index (χ0n) is 15.1. The maximum absolute atomic E-state index is 12.3. The zero-order chi connectivity index (χ0) is 19.1. The lowest BCUT2D eigenvalue weighted by Gasteiger charge is -2.16. The molecule has 0 aliphatic carbocycles. The second kappa shape index (κ2) is 9.23. The number of nitrogens with zero attached hydrogens (tertiary/aromatic N) is 2. The summed E-state index contributed by atoms with van der Waals surface area (Å²) in [6, 6.07) is 17.1. The van der Waals surface area contributed by atoms with Crippen molar-refractivity contribution in [1.82, 2.24) is 15.5 Å². The van der Waals surface area contributed by atoms with Crippen molar-refractivity contribution in [3.63, 3.8) is 0 Å². The van der Waals surface area contributed by atoms with Gasteiger partial charge in [-0.2, -0.15) is 0 Å². The number of amides is 2. The van der Waals surface area contributed by atoms with Gasteiger partial charge in [-0.15, -0.1) is 11.8 Å². The smallest absolute Gasteiger partial charge is 0.261 e. The Morgan fingerprint density at radius 2 is 1.52 bits per heavy atom. The number of carbonyl (C=O) groups is 2. The van der Waals surface area contributed by atoms with E-state index in [1.54, 1.807) is 43.1 Å². The number of guanidine groups is 1. The van der Waals surface area contributed by atoms with Crippen molar-refractivity contribution in [2.75, 3.05) is 32.4 Å². The van der Waals surface area contributed by atoms with Gasteiger partial charge >= 0.3 is 0 Å². The molecule has 6 nitrogen and oxygen atoms in total. The summed E-state index contributed by atoms with van der Waals surface area (Å²) in [5, 5.41) is 6.38. The fraction of sp³-hybridized carbons (Fsp3) is 0.250.